The molecule has 0 radical (unpaired) electrons. The molecule has 1 aromatic rings. The van der Waals surface area contributed by atoms with E-state index in [0.717, 1.165) is 56.0 Å². The Hall–Kier alpha value is -1.29. The van der Waals surface area contributed by atoms with Gasteiger partial charge in [-0.15, -0.1) is 11.8 Å². The fourth-order valence-corrected chi connectivity index (χ4v) is 4.28. The van der Waals surface area contributed by atoms with Gasteiger partial charge in [0, 0.05) is 31.0 Å². The molecule has 1 saturated heterocycles. The zero-order chi connectivity index (χ0) is 15.2. The molecule has 0 aromatic carbocycles. The maximum Gasteiger partial charge on any atom is 0.226 e. The zero-order valence-corrected chi connectivity index (χ0v) is 13.8. The van der Waals surface area contributed by atoms with Gasteiger partial charge in [0.15, 0.2) is 0 Å². The minimum atomic E-state index is 0.240. The molecular formula is C18H24N2OS. The highest BCUT2D eigenvalue weighted by Gasteiger charge is 2.28. The number of piperidine rings is 1. The van der Waals surface area contributed by atoms with Crippen molar-refractivity contribution in [2.24, 2.45) is 11.8 Å². The maximum atomic E-state index is 12.5. The van der Waals surface area contributed by atoms with Crippen LogP contribution in [0.4, 0.5) is 0 Å². The van der Waals surface area contributed by atoms with Gasteiger partial charge in [0.25, 0.3) is 0 Å². The zero-order valence-electron chi connectivity index (χ0n) is 13.0. The van der Waals surface area contributed by atoms with Gasteiger partial charge in [-0.25, -0.2) is 4.98 Å². The SMILES string of the molecule is O=C(C1CC=CCC1)N1CCC(CSc2ccccn2)CC1. The Kier molecular flexibility index (Phi) is 5.54. The lowest BCUT2D eigenvalue weighted by Crippen LogP contribution is -2.42. The highest BCUT2D eigenvalue weighted by atomic mass is 32.2. The van der Waals surface area contributed by atoms with Crippen molar-refractivity contribution < 1.29 is 4.79 Å². The summed E-state index contributed by atoms with van der Waals surface area (Å²) in [6, 6.07) is 6.06. The van der Waals surface area contributed by atoms with Gasteiger partial charge in [0.2, 0.25) is 5.91 Å². The number of nitrogens with zero attached hydrogens (tertiary/aromatic N) is 2. The fraction of sp³-hybridized carbons (Fsp3) is 0.556. The third kappa shape index (κ3) is 4.13. The summed E-state index contributed by atoms with van der Waals surface area (Å²) in [7, 11) is 0. The Morgan fingerprint density at radius 1 is 1.23 bits per heavy atom. The van der Waals surface area contributed by atoms with E-state index in [1.807, 2.05) is 30.1 Å². The summed E-state index contributed by atoms with van der Waals surface area (Å²) in [4.78, 5) is 19.0. The van der Waals surface area contributed by atoms with Crippen LogP contribution in [0.5, 0.6) is 0 Å². The lowest BCUT2D eigenvalue weighted by atomic mass is 9.91. The number of hydrogen-bond donors (Lipinski definition) is 0. The molecule has 1 aliphatic carbocycles. The Morgan fingerprint density at radius 2 is 2.09 bits per heavy atom. The lowest BCUT2D eigenvalue weighted by molar-refractivity contribution is -0.137. The van der Waals surface area contributed by atoms with Crippen LogP contribution in [0.25, 0.3) is 0 Å². The van der Waals surface area contributed by atoms with Gasteiger partial charge >= 0.3 is 0 Å². The highest BCUT2D eigenvalue weighted by molar-refractivity contribution is 7.99. The minimum Gasteiger partial charge on any atom is -0.342 e. The monoisotopic (exact) mass is 316 g/mol. The van der Waals surface area contributed by atoms with Gasteiger partial charge in [-0.2, -0.15) is 0 Å². The van der Waals surface area contributed by atoms with Crippen LogP contribution in [-0.4, -0.2) is 34.6 Å². The molecule has 0 saturated carbocycles. The number of allylic oxidation sites excluding steroid dienone is 2. The number of carbonyl (C=O) groups excluding carboxylic acids is 1. The minimum absolute atomic E-state index is 0.240. The first kappa shape index (κ1) is 15.6. The first-order chi connectivity index (χ1) is 10.8. The molecule has 118 valence electrons. The molecule has 22 heavy (non-hydrogen) atoms. The van der Waals surface area contributed by atoms with E-state index in [-0.39, 0.29) is 5.92 Å². The average Bonchev–Trinajstić information content (AvgIpc) is 2.61. The quantitative estimate of drug-likeness (QED) is 0.626. The van der Waals surface area contributed by atoms with Crippen LogP contribution in [0.3, 0.4) is 0 Å². The van der Waals surface area contributed by atoms with E-state index in [1.165, 1.54) is 0 Å². The van der Waals surface area contributed by atoms with E-state index >= 15 is 0 Å². The largest absolute Gasteiger partial charge is 0.342 e. The van der Waals surface area contributed by atoms with Crippen molar-refractivity contribution in [1.29, 1.82) is 0 Å². The number of carbonyl (C=O) groups is 1. The summed E-state index contributed by atoms with van der Waals surface area (Å²) in [5, 5.41) is 1.11. The molecule has 0 spiro atoms. The van der Waals surface area contributed by atoms with Crippen LogP contribution >= 0.6 is 11.8 Å². The summed E-state index contributed by atoms with van der Waals surface area (Å²) in [5.74, 6) is 2.46. The molecule has 1 aliphatic heterocycles. The predicted octanol–water partition coefficient (Wildman–Crippen LogP) is 3.77. The molecule has 0 N–H and O–H groups in total. The van der Waals surface area contributed by atoms with Crippen molar-refractivity contribution in [1.82, 2.24) is 9.88 Å². The standard InChI is InChI=1S/C18H24N2OS/c21-18(16-6-2-1-3-7-16)20-12-9-15(10-13-20)14-22-17-8-4-5-11-19-17/h1-2,4-5,8,11,15-16H,3,6-7,9-10,12-14H2. The topological polar surface area (TPSA) is 33.2 Å². The lowest BCUT2D eigenvalue weighted by Gasteiger charge is -2.34. The van der Waals surface area contributed by atoms with Crippen molar-refractivity contribution in [3.05, 3.63) is 36.5 Å². The summed E-state index contributed by atoms with van der Waals surface area (Å²) >= 11 is 1.84. The van der Waals surface area contributed by atoms with Crippen LogP contribution in [0.2, 0.25) is 0 Å². The molecule has 2 aliphatic rings. The third-order valence-corrected chi connectivity index (χ3v) is 5.82. The molecule has 4 heteroatoms. The van der Waals surface area contributed by atoms with Crippen molar-refractivity contribution in [2.45, 2.75) is 37.1 Å². The Bertz CT molecular complexity index is 509. The maximum absolute atomic E-state index is 12.5. The van der Waals surface area contributed by atoms with Gasteiger partial charge < -0.3 is 4.90 Å². The second-order valence-electron chi connectivity index (χ2n) is 6.23. The third-order valence-electron chi connectivity index (χ3n) is 4.65. The second-order valence-corrected chi connectivity index (χ2v) is 7.27. The molecule has 3 rings (SSSR count). The molecular weight excluding hydrogens is 292 g/mol. The number of rotatable bonds is 4. The normalized spacial score (nSPS) is 22.7. The van der Waals surface area contributed by atoms with Crippen molar-refractivity contribution in [3.8, 4) is 0 Å². The first-order valence-corrected chi connectivity index (χ1v) is 9.29. The molecule has 1 amide bonds. The Balaban J connectivity index is 1.42. The number of amides is 1. The number of likely N-dealkylation sites (tertiary alicyclic amines) is 1. The number of thioether (sulfide) groups is 1. The Morgan fingerprint density at radius 3 is 2.77 bits per heavy atom. The summed E-state index contributed by atoms with van der Waals surface area (Å²) in [6.45, 7) is 1.87. The van der Waals surface area contributed by atoms with Gasteiger partial charge in [0.1, 0.15) is 0 Å². The van der Waals surface area contributed by atoms with Crippen LogP contribution in [0.1, 0.15) is 32.1 Å². The van der Waals surface area contributed by atoms with E-state index in [2.05, 4.69) is 28.1 Å². The number of aromatic nitrogens is 1. The van der Waals surface area contributed by atoms with Crippen LogP contribution in [0.15, 0.2) is 41.6 Å². The molecule has 1 fully saturated rings. The predicted molar refractivity (Wildman–Crippen MR) is 90.7 cm³/mol. The molecule has 1 aromatic heterocycles. The van der Waals surface area contributed by atoms with Crippen LogP contribution in [0, 0.1) is 11.8 Å². The van der Waals surface area contributed by atoms with Crippen molar-refractivity contribution >= 4 is 17.7 Å². The van der Waals surface area contributed by atoms with E-state index in [9.17, 15) is 4.79 Å². The number of pyridine rings is 1. The van der Waals surface area contributed by atoms with Gasteiger partial charge in [-0.3, -0.25) is 4.79 Å². The first-order valence-electron chi connectivity index (χ1n) is 8.30. The summed E-state index contributed by atoms with van der Waals surface area (Å²) in [5.41, 5.74) is 0. The summed E-state index contributed by atoms with van der Waals surface area (Å²) < 4.78 is 0. The van der Waals surface area contributed by atoms with E-state index < -0.39 is 0 Å². The second kappa shape index (κ2) is 7.82. The van der Waals surface area contributed by atoms with Gasteiger partial charge in [-0.05, 0) is 50.2 Å². The molecule has 0 bridgehead atoms. The highest BCUT2D eigenvalue weighted by Crippen LogP contribution is 2.27. The number of hydrogen-bond acceptors (Lipinski definition) is 3. The van der Waals surface area contributed by atoms with Crippen LogP contribution in [-0.2, 0) is 4.79 Å². The van der Waals surface area contributed by atoms with Crippen LogP contribution < -0.4 is 0 Å². The van der Waals surface area contributed by atoms with Gasteiger partial charge in [-0.1, -0.05) is 18.2 Å². The van der Waals surface area contributed by atoms with E-state index in [0.29, 0.717) is 11.8 Å². The molecule has 2 heterocycles. The smallest absolute Gasteiger partial charge is 0.226 e. The van der Waals surface area contributed by atoms with Crippen molar-refractivity contribution in [2.75, 3.05) is 18.8 Å². The Labute approximate surface area is 137 Å². The fourth-order valence-electron chi connectivity index (χ4n) is 3.23. The van der Waals surface area contributed by atoms with Gasteiger partial charge in [0.05, 0.1) is 5.03 Å². The van der Waals surface area contributed by atoms with Crippen molar-refractivity contribution in [3.63, 3.8) is 0 Å². The molecule has 1 unspecified atom stereocenters. The van der Waals surface area contributed by atoms with E-state index in [1.54, 1.807) is 0 Å². The average molecular weight is 316 g/mol. The molecule has 3 nitrogen and oxygen atoms in total. The van der Waals surface area contributed by atoms with E-state index in [4.69, 9.17) is 0 Å². The summed E-state index contributed by atoms with van der Waals surface area (Å²) in [6.07, 6.45) is 11.5. The molecule has 1 atom stereocenters.